The van der Waals surface area contributed by atoms with Crippen molar-refractivity contribution >= 4 is 16.9 Å². The van der Waals surface area contributed by atoms with Crippen LogP contribution in [0.2, 0.25) is 0 Å². The zero-order valence-electron chi connectivity index (χ0n) is 11.2. The molecule has 3 aromatic rings. The minimum atomic E-state index is -1.12. The van der Waals surface area contributed by atoms with Crippen molar-refractivity contribution in [2.75, 3.05) is 6.61 Å². The maximum atomic E-state index is 11.2. The lowest BCUT2D eigenvalue weighted by molar-refractivity contribution is 0.0689. The van der Waals surface area contributed by atoms with Gasteiger partial charge in [0.2, 0.25) is 0 Å². The Labute approximate surface area is 119 Å². The lowest BCUT2D eigenvalue weighted by Gasteiger charge is -2.05. The van der Waals surface area contributed by atoms with Crippen molar-refractivity contribution in [2.45, 2.75) is 13.0 Å². The van der Waals surface area contributed by atoms with Gasteiger partial charge >= 0.3 is 5.97 Å². The van der Waals surface area contributed by atoms with E-state index in [2.05, 4.69) is 15.3 Å². The van der Waals surface area contributed by atoms with Gasteiger partial charge in [0, 0.05) is 23.5 Å². The molecule has 0 aliphatic heterocycles. The Bertz CT molecular complexity index is 790. The topological polar surface area (TPSA) is 104 Å². The van der Waals surface area contributed by atoms with Crippen molar-refractivity contribution < 1.29 is 15.0 Å². The summed E-state index contributed by atoms with van der Waals surface area (Å²) in [5.74, 6) is -1.12. The maximum absolute atomic E-state index is 11.2. The maximum Gasteiger partial charge on any atom is 0.358 e. The fourth-order valence-corrected chi connectivity index (χ4v) is 2.41. The van der Waals surface area contributed by atoms with Crippen LogP contribution in [0.15, 0.2) is 30.5 Å². The van der Waals surface area contributed by atoms with Crippen molar-refractivity contribution in [3.63, 3.8) is 0 Å². The quantitative estimate of drug-likeness (QED) is 0.650. The molecule has 0 radical (unpaired) electrons. The van der Waals surface area contributed by atoms with Gasteiger partial charge in [-0.05, 0) is 11.6 Å². The van der Waals surface area contributed by atoms with Crippen LogP contribution in [-0.2, 0) is 13.0 Å². The van der Waals surface area contributed by atoms with E-state index in [9.17, 15) is 9.90 Å². The molecule has 0 unspecified atom stereocenters. The number of nitrogens with one attached hydrogen (secondary N) is 1. The number of fused-ring (bicyclic) bond motifs is 1. The molecule has 0 atom stereocenters. The normalized spacial score (nSPS) is 11.1. The molecule has 2 heterocycles. The van der Waals surface area contributed by atoms with Gasteiger partial charge in [-0.2, -0.15) is 0 Å². The molecule has 0 saturated heterocycles. The van der Waals surface area contributed by atoms with Crippen LogP contribution in [0.3, 0.4) is 0 Å². The number of hydrogen-bond acceptors (Lipinski definition) is 4. The highest BCUT2D eigenvalue weighted by atomic mass is 16.4. The van der Waals surface area contributed by atoms with Crippen molar-refractivity contribution in [1.29, 1.82) is 0 Å². The molecule has 7 heteroatoms. The van der Waals surface area contributed by atoms with Crippen molar-refractivity contribution in [2.24, 2.45) is 0 Å². The Kier molecular flexibility index (Phi) is 3.41. The Morgan fingerprint density at radius 2 is 2.14 bits per heavy atom. The summed E-state index contributed by atoms with van der Waals surface area (Å²) in [4.78, 5) is 14.4. The predicted octanol–water partition coefficient (Wildman–Crippen LogP) is 1.04. The number of aliphatic hydroxyl groups is 1. The number of rotatable bonds is 5. The molecule has 0 amide bonds. The van der Waals surface area contributed by atoms with E-state index in [1.165, 1.54) is 4.68 Å². The van der Waals surface area contributed by atoms with Crippen molar-refractivity contribution in [3.8, 4) is 0 Å². The first-order chi connectivity index (χ1) is 10.2. The summed E-state index contributed by atoms with van der Waals surface area (Å²) in [5, 5.41) is 26.8. The summed E-state index contributed by atoms with van der Waals surface area (Å²) >= 11 is 0. The van der Waals surface area contributed by atoms with Crippen LogP contribution in [-0.4, -0.2) is 42.8 Å². The van der Waals surface area contributed by atoms with Gasteiger partial charge in [-0.15, -0.1) is 5.10 Å². The minimum absolute atomic E-state index is 0.0752. The zero-order chi connectivity index (χ0) is 14.8. The number of carbonyl (C=O) groups is 1. The van der Waals surface area contributed by atoms with E-state index in [-0.39, 0.29) is 18.8 Å². The molecule has 0 aliphatic rings. The third kappa shape index (κ3) is 2.38. The van der Waals surface area contributed by atoms with Gasteiger partial charge in [0.15, 0.2) is 5.69 Å². The summed E-state index contributed by atoms with van der Waals surface area (Å²) in [6.07, 6.45) is 2.24. The van der Waals surface area contributed by atoms with Gasteiger partial charge in [-0.25, -0.2) is 9.48 Å². The third-order valence-corrected chi connectivity index (χ3v) is 3.38. The number of carboxylic acid groups (broad SMARTS) is 1. The molecular formula is C14H14N4O3. The minimum Gasteiger partial charge on any atom is -0.476 e. The van der Waals surface area contributed by atoms with Crippen LogP contribution in [0.5, 0.6) is 0 Å². The molecular weight excluding hydrogens is 272 g/mol. The Balaban J connectivity index is 2.04. The number of nitrogens with zero attached hydrogens (tertiary/aromatic N) is 3. The van der Waals surface area contributed by atoms with E-state index in [0.29, 0.717) is 12.1 Å². The number of aromatic amines is 1. The van der Waals surface area contributed by atoms with Gasteiger partial charge in [-0.1, -0.05) is 23.4 Å². The van der Waals surface area contributed by atoms with Gasteiger partial charge in [0.1, 0.15) is 0 Å². The lowest BCUT2D eigenvalue weighted by Crippen LogP contribution is -2.11. The van der Waals surface area contributed by atoms with Gasteiger partial charge < -0.3 is 15.2 Å². The van der Waals surface area contributed by atoms with Gasteiger partial charge in [0.05, 0.1) is 18.8 Å². The van der Waals surface area contributed by atoms with Crippen LogP contribution in [0, 0.1) is 0 Å². The van der Waals surface area contributed by atoms with Gasteiger partial charge in [0.25, 0.3) is 0 Å². The van der Waals surface area contributed by atoms with Crippen molar-refractivity contribution in [3.05, 3.63) is 47.4 Å². The van der Waals surface area contributed by atoms with Crippen LogP contribution in [0.25, 0.3) is 10.9 Å². The summed E-state index contributed by atoms with van der Waals surface area (Å²) in [5.41, 5.74) is 2.37. The van der Waals surface area contributed by atoms with E-state index in [4.69, 9.17) is 5.11 Å². The smallest absolute Gasteiger partial charge is 0.358 e. The number of aromatic carboxylic acids is 1. The molecule has 3 N–H and O–H groups in total. The van der Waals surface area contributed by atoms with E-state index in [1.807, 2.05) is 30.5 Å². The van der Waals surface area contributed by atoms with Crippen LogP contribution in [0.1, 0.15) is 21.7 Å². The first-order valence-corrected chi connectivity index (χ1v) is 6.52. The molecule has 1 aromatic carbocycles. The Morgan fingerprint density at radius 3 is 2.90 bits per heavy atom. The fourth-order valence-electron chi connectivity index (χ4n) is 2.41. The second-order valence-corrected chi connectivity index (χ2v) is 4.67. The van der Waals surface area contributed by atoms with E-state index in [1.54, 1.807) is 0 Å². The number of carboxylic acids is 1. The standard InChI is InChI=1S/C14H14N4O3/c19-6-5-18-12(13(14(20)21)16-17-18)7-9-8-15-11-4-2-1-3-10(9)11/h1-4,8,15,19H,5-7H2,(H,20,21). The second kappa shape index (κ2) is 5.37. The van der Waals surface area contributed by atoms with E-state index >= 15 is 0 Å². The number of hydrogen-bond donors (Lipinski definition) is 3. The Morgan fingerprint density at radius 1 is 1.33 bits per heavy atom. The fraction of sp³-hybridized carbons (Fsp3) is 0.214. The SMILES string of the molecule is O=C(O)c1nnn(CCO)c1Cc1c[nH]c2ccccc12. The summed E-state index contributed by atoms with van der Waals surface area (Å²) in [6.45, 7) is 0.0985. The first-order valence-electron chi connectivity index (χ1n) is 6.52. The van der Waals surface area contributed by atoms with Crippen LogP contribution >= 0.6 is 0 Å². The highest BCUT2D eigenvalue weighted by Gasteiger charge is 2.20. The zero-order valence-corrected chi connectivity index (χ0v) is 11.2. The molecule has 3 rings (SSSR count). The average Bonchev–Trinajstić information content (AvgIpc) is 3.06. The number of benzene rings is 1. The highest BCUT2D eigenvalue weighted by Crippen LogP contribution is 2.21. The first kappa shape index (κ1) is 13.3. The molecule has 21 heavy (non-hydrogen) atoms. The molecule has 2 aromatic heterocycles. The van der Waals surface area contributed by atoms with Crippen molar-refractivity contribution in [1.82, 2.24) is 20.0 Å². The van der Waals surface area contributed by atoms with Crippen LogP contribution < -0.4 is 0 Å². The van der Waals surface area contributed by atoms with Gasteiger partial charge in [-0.3, -0.25) is 0 Å². The lowest BCUT2D eigenvalue weighted by atomic mass is 10.1. The largest absolute Gasteiger partial charge is 0.476 e. The number of aliphatic hydroxyl groups excluding tert-OH is 1. The second-order valence-electron chi connectivity index (χ2n) is 4.67. The molecule has 0 saturated carbocycles. The molecule has 7 nitrogen and oxygen atoms in total. The average molecular weight is 286 g/mol. The summed E-state index contributed by atoms with van der Waals surface area (Å²) in [7, 11) is 0. The number of para-hydroxylation sites is 1. The molecule has 108 valence electrons. The van der Waals surface area contributed by atoms with E-state index < -0.39 is 5.97 Å². The number of aromatic nitrogens is 4. The summed E-state index contributed by atoms with van der Waals surface area (Å²) in [6, 6.07) is 7.80. The molecule has 0 aliphatic carbocycles. The van der Waals surface area contributed by atoms with E-state index in [0.717, 1.165) is 16.5 Å². The highest BCUT2D eigenvalue weighted by molar-refractivity contribution is 5.87. The molecule has 0 fully saturated rings. The predicted molar refractivity (Wildman–Crippen MR) is 75.2 cm³/mol. The Hall–Kier alpha value is -2.67. The summed E-state index contributed by atoms with van der Waals surface area (Å²) < 4.78 is 1.44. The molecule has 0 bridgehead atoms. The third-order valence-electron chi connectivity index (χ3n) is 3.38. The number of H-pyrrole nitrogens is 1. The van der Waals surface area contributed by atoms with Crippen LogP contribution in [0.4, 0.5) is 0 Å². The molecule has 0 spiro atoms. The monoisotopic (exact) mass is 286 g/mol.